The minimum Gasteiger partial charge on any atom is -0.335 e. The summed E-state index contributed by atoms with van der Waals surface area (Å²) in [6, 6.07) is 7.74. The molecule has 168 valence electrons. The number of nitrogens with one attached hydrogen (secondary N) is 1. The van der Waals surface area contributed by atoms with Crippen molar-refractivity contribution < 1.29 is 9.59 Å². The lowest BCUT2D eigenvalue weighted by molar-refractivity contribution is -0.132. The van der Waals surface area contributed by atoms with E-state index in [2.05, 4.69) is 15.3 Å². The molecule has 2 aromatic heterocycles. The van der Waals surface area contributed by atoms with Crippen molar-refractivity contribution in [3.63, 3.8) is 0 Å². The van der Waals surface area contributed by atoms with Crippen LogP contribution in [0.4, 0.5) is 5.69 Å². The van der Waals surface area contributed by atoms with Crippen LogP contribution in [-0.4, -0.2) is 45.5 Å². The van der Waals surface area contributed by atoms with Crippen LogP contribution in [0.2, 0.25) is 0 Å². The van der Waals surface area contributed by atoms with Crippen LogP contribution in [0.1, 0.15) is 42.7 Å². The van der Waals surface area contributed by atoms with Crippen LogP contribution in [-0.2, 0) is 28.9 Å². The highest BCUT2D eigenvalue weighted by atomic mass is 32.2. The molecule has 4 rings (SSSR count). The number of amides is 2. The highest BCUT2D eigenvalue weighted by Gasteiger charge is 2.25. The number of benzene rings is 1. The highest BCUT2D eigenvalue weighted by Crippen LogP contribution is 2.40. The molecule has 0 saturated carbocycles. The molecule has 1 atom stereocenters. The zero-order valence-electron chi connectivity index (χ0n) is 18.7. The van der Waals surface area contributed by atoms with Crippen molar-refractivity contribution in [2.75, 3.05) is 18.9 Å². The number of likely N-dealkylation sites (N-methyl/N-ethyl adjacent to an activating group) is 1. The third kappa shape index (κ3) is 4.81. The van der Waals surface area contributed by atoms with E-state index in [-0.39, 0.29) is 23.6 Å². The fourth-order valence-corrected chi connectivity index (χ4v) is 6.47. The van der Waals surface area contributed by atoms with Gasteiger partial charge in [-0.25, -0.2) is 9.97 Å². The zero-order chi connectivity index (χ0) is 22.7. The Kier molecular flexibility index (Phi) is 7.10. The number of thiophene rings is 1. The third-order valence-electron chi connectivity index (χ3n) is 5.78. The van der Waals surface area contributed by atoms with Crippen LogP contribution >= 0.6 is 23.1 Å². The number of para-hydroxylation sites is 1. The monoisotopic (exact) mass is 468 g/mol. The van der Waals surface area contributed by atoms with Crippen molar-refractivity contribution in [1.82, 2.24) is 14.9 Å². The Morgan fingerprint density at radius 1 is 1.22 bits per heavy atom. The number of carbonyl (C=O) groups excluding carboxylic acids is 2. The summed E-state index contributed by atoms with van der Waals surface area (Å²) in [6.07, 6.45) is 6.99. The lowest BCUT2D eigenvalue weighted by Crippen LogP contribution is -2.39. The van der Waals surface area contributed by atoms with Crippen LogP contribution in [0.25, 0.3) is 10.2 Å². The molecule has 0 aliphatic heterocycles. The minimum atomic E-state index is -0.354. The molecule has 2 amide bonds. The summed E-state index contributed by atoms with van der Waals surface area (Å²) >= 11 is 3.21. The number of fused-ring (bicyclic) bond motifs is 3. The first kappa shape index (κ1) is 22.7. The molecule has 3 aromatic rings. The molecule has 1 aromatic carbocycles. The molecular weight excluding hydrogens is 440 g/mol. The smallest absolute Gasteiger partial charge is 0.243 e. The van der Waals surface area contributed by atoms with Crippen molar-refractivity contribution in [1.29, 1.82) is 0 Å². The van der Waals surface area contributed by atoms with Crippen LogP contribution < -0.4 is 5.32 Å². The number of hydrogen-bond donors (Lipinski definition) is 1. The summed E-state index contributed by atoms with van der Waals surface area (Å²) in [6.45, 7) is 3.93. The number of anilines is 1. The van der Waals surface area contributed by atoms with Gasteiger partial charge in [-0.2, -0.15) is 0 Å². The molecule has 8 heteroatoms. The first-order valence-electron chi connectivity index (χ1n) is 11.0. The number of aromatic nitrogens is 2. The Balaban J connectivity index is 1.42. The van der Waals surface area contributed by atoms with Gasteiger partial charge in [0.2, 0.25) is 11.8 Å². The molecule has 0 spiro atoms. The van der Waals surface area contributed by atoms with Crippen molar-refractivity contribution in [2.45, 2.75) is 56.2 Å². The lowest BCUT2D eigenvalue weighted by Gasteiger charge is -2.21. The van der Waals surface area contributed by atoms with Gasteiger partial charge < -0.3 is 10.2 Å². The number of carbonyl (C=O) groups is 2. The molecule has 1 aliphatic carbocycles. The molecule has 1 unspecified atom stereocenters. The predicted molar refractivity (Wildman–Crippen MR) is 131 cm³/mol. The molecule has 32 heavy (non-hydrogen) atoms. The molecule has 0 radical (unpaired) electrons. The Hall–Kier alpha value is -2.45. The second kappa shape index (κ2) is 10.0. The van der Waals surface area contributed by atoms with Gasteiger partial charge in [-0.3, -0.25) is 9.59 Å². The molecule has 0 bridgehead atoms. The van der Waals surface area contributed by atoms with Gasteiger partial charge in [0.05, 0.1) is 11.8 Å². The fraction of sp³-hybridized carbons (Fsp3) is 0.417. The van der Waals surface area contributed by atoms with Gasteiger partial charge in [0.1, 0.15) is 16.2 Å². The summed E-state index contributed by atoms with van der Waals surface area (Å²) in [4.78, 5) is 38.4. The highest BCUT2D eigenvalue weighted by molar-refractivity contribution is 8.00. The zero-order valence-corrected chi connectivity index (χ0v) is 20.3. The van der Waals surface area contributed by atoms with E-state index < -0.39 is 0 Å². The standard InChI is InChI=1S/C24H28N4O2S2/c1-4-16-9-5-7-11-18(16)27-20(29)13-28(3)24(30)15(2)31-22-21-17-10-6-8-12-19(17)32-23(21)26-14-25-22/h5,7,9,11,14-15H,4,6,8,10,12-13H2,1-3H3,(H,27,29). The van der Waals surface area contributed by atoms with Gasteiger partial charge in [-0.15, -0.1) is 11.3 Å². The molecule has 0 fully saturated rings. The SMILES string of the molecule is CCc1ccccc1NC(=O)CN(C)C(=O)C(C)Sc1ncnc2sc3c(c12)CCCC3. The van der Waals surface area contributed by atoms with Gasteiger partial charge in [-0.05, 0) is 56.2 Å². The van der Waals surface area contributed by atoms with Gasteiger partial charge in [0, 0.05) is 23.0 Å². The quantitative estimate of drug-likeness (QED) is 0.401. The number of nitrogens with zero attached hydrogens (tertiary/aromatic N) is 3. The Bertz CT molecular complexity index is 1140. The van der Waals surface area contributed by atoms with Crippen LogP contribution in [0.15, 0.2) is 35.6 Å². The summed E-state index contributed by atoms with van der Waals surface area (Å²) in [5, 5.41) is 4.56. The second-order valence-electron chi connectivity index (χ2n) is 8.08. The molecule has 2 heterocycles. The van der Waals surface area contributed by atoms with Crippen molar-refractivity contribution in [3.8, 4) is 0 Å². The topological polar surface area (TPSA) is 75.2 Å². The van der Waals surface area contributed by atoms with E-state index in [1.165, 1.54) is 39.9 Å². The maximum atomic E-state index is 13.0. The van der Waals surface area contributed by atoms with Crippen molar-refractivity contribution in [3.05, 3.63) is 46.6 Å². The average molecular weight is 469 g/mol. The van der Waals surface area contributed by atoms with Gasteiger partial charge >= 0.3 is 0 Å². The Labute approximate surface area is 196 Å². The number of thioether (sulfide) groups is 1. The maximum Gasteiger partial charge on any atom is 0.243 e. The second-order valence-corrected chi connectivity index (χ2v) is 10.5. The summed E-state index contributed by atoms with van der Waals surface area (Å²) < 4.78 is 0. The normalized spacial score (nSPS) is 14.1. The summed E-state index contributed by atoms with van der Waals surface area (Å²) in [7, 11) is 1.67. The Morgan fingerprint density at radius 3 is 2.81 bits per heavy atom. The van der Waals surface area contributed by atoms with E-state index in [1.807, 2.05) is 38.1 Å². The van der Waals surface area contributed by atoms with E-state index >= 15 is 0 Å². The van der Waals surface area contributed by atoms with Gasteiger partial charge in [0.15, 0.2) is 0 Å². The van der Waals surface area contributed by atoms with E-state index in [4.69, 9.17) is 0 Å². The van der Waals surface area contributed by atoms with Crippen molar-refractivity contribution in [2.24, 2.45) is 0 Å². The molecular formula is C24H28N4O2S2. The largest absolute Gasteiger partial charge is 0.335 e. The van der Waals surface area contributed by atoms with Crippen LogP contribution in [0.5, 0.6) is 0 Å². The van der Waals surface area contributed by atoms with Crippen molar-refractivity contribution >= 4 is 50.8 Å². The number of aryl methyl sites for hydroxylation is 3. The molecule has 0 saturated heterocycles. The van der Waals surface area contributed by atoms with E-state index in [9.17, 15) is 9.59 Å². The Morgan fingerprint density at radius 2 is 2.00 bits per heavy atom. The average Bonchev–Trinajstić information content (AvgIpc) is 3.18. The van der Waals surface area contributed by atoms with Gasteiger partial charge in [-0.1, -0.05) is 36.9 Å². The predicted octanol–water partition coefficient (Wildman–Crippen LogP) is 4.71. The third-order valence-corrected chi connectivity index (χ3v) is 8.07. The first-order chi connectivity index (χ1) is 15.5. The van der Waals surface area contributed by atoms with E-state index in [0.717, 1.165) is 45.8 Å². The first-order valence-corrected chi connectivity index (χ1v) is 12.7. The van der Waals surface area contributed by atoms with E-state index in [0.29, 0.717) is 0 Å². The summed E-state index contributed by atoms with van der Waals surface area (Å²) in [5.41, 5.74) is 3.24. The number of rotatable bonds is 7. The molecule has 6 nitrogen and oxygen atoms in total. The maximum absolute atomic E-state index is 13.0. The van der Waals surface area contributed by atoms with Crippen LogP contribution in [0.3, 0.4) is 0 Å². The molecule has 1 N–H and O–H groups in total. The van der Waals surface area contributed by atoms with Crippen LogP contribution in [0, 0.1) is 0 Å². The van der Waals surface area contributed by atoms with E-state index in [1.54, 1.807) is 24.7 Å². The number of hydrogen-bond acceptors (Lipinski definition) is 6. The minimum absolute atomic E-state index is 0.00875. The lowest BCUT2D eigenvalue weighted by atomic mass is 9.97. The fourth-order valence-electron chi connectivity index (χ4n) is 4.11. The van der Waals surface area contributed by atoms with Gasteiger partial charge in [0.25, 0.3) is 0 Å². The molecule has 1 aliphatic rings. The summed E-state index contributed by atoms with van der Waals surface area (Å²) in [5.74, 6) is -0.292.